The van der Waals surface area contributed by atoms with Gasteiger partial charge in [-0.15, -0.1) is 0 Å². The van der Waals surface area contributed by atoms with E-state index < -0.39 is 12.1 Å². The zero-order valence-electron chi connectivity index (χ0n) is 19.9. The Morgan fingerprint density at radius 3 is 1.81 bits per heavy atom. The molecule has 3 nitrogen and oxygen atoms in total. The Bertz CT molecular complexity index is 768. The van der Waals surface area contributed by atoms with Gasteiger partial charge in [-0.05, 0) is 54.2 Å². The van der Waals surface area contributed by atoms with Gasteiger partial charge in [-0.2, -0.15) is 0 Å². The molecule has 0 radical (unpaired) electrons. The van der Waals surface area contributed by atoms with E-state index in [1.54, 1.807) is 12.1 Å². The van der Waals surface area contributed by atoms with Gasteiger partial charge in [0.05, 0.1) is 6.61 Å². The summed E-state index contributed by atoms with van der Waals surface area (Å²) >= 11 is 0. The maximum atomic E-state index is 13.8. The molecule has 2 aromatic rings. The van der Waals surface area contributed by atoms with Crippen molar-refractivity contribution in [1.29, 1.82) is 0 Å². The molecule has 1 atom stereocenters. The van der Waals surface area contributed by atoms with Crippen LogP contribution in [-0.2, 0) is 4.79 Å². The number of alkyl halides is 1. The monoisotopic (exact) mass is 442 g/mol. The third kappa shape index (κ3) is 9.84. The number of ether oxygens (including phenoxy) is 2. The Balaban J connectivity index is 1.72. The van der Waals surface area contributed by atoms with Crippen molar-refractivity contribution < 1.29 is 18.7 Å². The molecule has 176 valence electrons. The van der Waals surface area contributed by atoms with Gasteiger partial charge in [0.1, 0.15) is 11.5 Å². The van der Waals surface area contributed by atoms with Crippen molar-refractivity contribution in [3.8, 4) is 22.6 Å². The van der Waals surface area contributed by atoms with Crippen molar-refractivity contribution in [2.24, 2.45) is 5.92 Å². The molecule has 0 aliphatic carbocycles. The highest BCUT2D eigenvalue weighted by Gasteiger charge is 2.20. The summed E-state index contributed by atoms with van der Waals surface area (Å²) < 4.78 is 24.8. The molecule has 0 saturated carbocycles. The molecule has 1 unspecified atom stereocenters. The summed E-state index contributed by atoms with van der Waals surface area (Å²) in [6, 6.07) is 15.1. The van der Waals surface area contributed by atoms with Crippen LogP contribution in [0.5, 0.6) is 11.5 Å². The quantitative estimate of drug-likeness (QED) is 0.158. The van der Waals surface area contributed by atoms with Crippen LogP contribution in [0.1, 0.15) is 78.6 Å². The highest BCUT2D eigenvalue weighted by molar-refractivity contribution is 5.77. The van der Waals surface area contributed by atoms with Crippen LogP contribution in [0.2, 0.25) is 0 Å². The fourth-order valence-electron chi connectivity index (χ4n) is 3.58. The normalized spacial score (nSPS) is 12.0. The Hall–Kier alpha value is -2.36. The van der Waals surface area contributed by atoms with E-state index in [2.05, 4.69) is 6.92 Å². The van der Waals surface area contributed by atoms with Crippen molar-refractivity contribution in [2.75, 3.05) is 6.61 Å². The second kappa shape index (κ2) is 14.7. The van der Waals surface area contributed by atoms with Gasteiger partial charge in [0.25, 0.3) is 0 Å². The van der Waals surface area contributed by atoms with Gasteiger partial charge in [0.15, 0.2) is 6.17 Å². The van der Waals surface area contributed by atoms with Crippen LogP contribution < -0.4 is 9.47 Å². The predicted molar refractivity (Wildman–Crippen MR) is 130 cm³/mol. The molecular weight excluding hydrogens is 403 g/mol. The number of halogens is 1. The highest BCUT2D eigenvalue weighted by atomic mass is 19.1. The second-order valence-electron chi connectivity index (χ2n) is 8.89. The van der Waals surface area contributed by atoms with Crippen LogP contribution in [0.4, 0.5) is 4.39 Å². The largest absolute Gasteiger partial charge is 0.494 e. The molecule has 4 heteroatoms. The zero-order valence-corrected chi connectivity index (χ0v) is 19.9. The molecule has 0 heterocycles. The average Bonchev–Trinajstić information content (AvgIpc) is 2.78. The summed E-state index contributed by atoms with van der Waals surface area (Å²) in [6.45, 7) is 6.75. The number of hydrogen-bond acceptors (Lipinski definition) is 3. The minimum absolute atomic E-state index is 0.104. The van der Waals surface area contributed by atoms with Crippen LogP contribution >= 0.6 is 0 Å². The van der Waals surface area contributed by atoms with Crippen molar-refractivity contribution in [2.45, 2.75) is 84.7 Å². The molecule has 0 saturated heterocycles. The number of carbonyl (C=O) groups is 1. The fraction of sp³-hybridized carbons (Fsp3) is 0.536. The van der Waals surface area contributed by atoms with Crippen molar-refractivity contribution >= 4 is 5.97 Å². The van der Waals surface area contributed by atoms with Crippen LogP contribution in [-0.4, -0.2) is 18.7 Å². The van der Waals surface area contributed by atoms with Crippen molar-refractivity contribution in [3.05, 3.63) is 48.5 Å². The SMILES string of the molecule is CCCCCCCCCCOc1ccc(-c2ccc(OC(=O)C(F)CC(C)C)cc2)cc1. The summed E-state index contributed by atoms with van der Waals surface area (Å²) in [5.41, 5.74) is 2.05. The predicted octanol–water partition coefficient (Wildman–Crippen LogP) is 8.16. The third-order valence-corrected chi connectivity index (χ3v) is 5.46. The molecule has 2 aromatic carbocycles. The lowest BCUT2D eigenvalue weighted by Crippen LogP contribution is -2.23. The molecule has 0 N–H and O–H groups in total. The summed E-state index contributed by atoms with van der Waals surface area (Å²) in [4.78, 5) is 11.8. The minimum atomic E-state index is -1.59. The molecule has 0 amide bonds. The lowest BCUT2D eigenvalue weighted by Gasteiger charge is -2.11. The van der Waals surface area contributed by atoms with E-state index in [4.69, 9.17) is 9.47 Å². The molecular formula is C28H39FO3. The zero-order chi connectivity index (χ0) is 23.2. The van der Waals surface area contributed by atoms with E-state index >= 15 is 0 Å². The van der Waals surface area contributed by atoms with E-state index in [0.29, 0.717) is 5.75 Å². The number of benzene rings is 2. The second-order valence-corrected chi connectivity index (χ2v) is 8.89. The molecule has 0 aromatic heterocycles. The van der Waals surface area contributed by atoms with E-state index in [-0.39, 0.29) is 12.3 Å². The van der Waals surface area contributed by atoms with Gasteiger partial charge < -0.3 is 9.47 Å². The van der Waals surface area contributed by atoms with Crippen molar-refractivity contribution in [3.63, 3.8) is 0 Å². The Morgan fingerprint density at radius 1 is 0.781 bits per heavy atom. The highest BCUT2D eigenvalue weighted by Crippen LogP contribution is 2.25. The molecule has 0 bridgehead atoms. The van der Waals surface area contributed by atoms with Crippen LogP contribution in [0.15, 0.2) is 48.5 Å². The summed E-state index contributed by atoms with van der Waals surface area (Å²) in [7, 11) is 0. The van der Waals surface area contributed by atoms with E-state index in [9.17, 15) is 9.18 Å². The third-order valence-electron chi connectivity index (χ3n) is 5.46. The fourth-order valence-corrected chi connectivity index (χ4v) is 3.58. The van der Waals surface area contributed by atoms with Crippen molar-refractivity contribution in [1.82, 2.24) is 0 Å². The van der Waals surface area contributed by atoms with Gasteiger partial charge in [-0.1, -0.05) is 90.0 Å². The Labute approximate surface area is 193 Å². The van der Waals surface area contributed by atoms with E-state index in [1.165, 1.54) is 44.9 Å². The first-order chi connectivity index (χ1) is 15.5. The smallest absolute Gasteiger partial charge is 0.346 e. The first-order valence-electron chi connectivity index (χ1n) is 12.2. The number of esters is 1. The lowest BCUT2D eigenvalue weighted by atomic mass is 10.1. The van der Waals surface area contributed by atoms with Crippen LogP contribution in [0, 0.1) is 5.92 Å². The average molecular weight is 443 g/mol. The van der Waals surface area contributed by atoms with Crippen LogP contribution in [0.25, 0.3) is 11.1 Å². The Kier molecular flexibility index (Phi) is 11.9. The van der Waals surface area contributed by atoms with Crippen LogP contribution in [0.3, 0.4) is 0 Å². The number of rotatable bonds is 15. The number of unbranched alkanes of at least 4 members (excludes halogenated alkanes) is 7. The number of hydrogen-bond donors (Lipinski definition) is 0. The minimum Gasteiger partial charge on any atom is -0.494 e. The molecule has 0 fully saturated rings. The molecule has 0 spiro atoms. The number of carbonyl (C=O) groups excluding carboxylic acids is 1. The van der Waals surface area contributed by atoms with Gasteiger partial charge in [-0.3, -0.25) is 0 Å². The molecule has 2 rings (SSSR count). The standard InChI is InChI=1S/C28H39FO3/c1-4-5-6-7-8-9-10-11-20-31-25-16-12-23(13-17-25)24-14-18-26(19-15-24)32-28(30)27(29)21-22(2)3/h12-19,22,27H,4-11,20-21H2,1-3H3. The van der Waals surface area contributed by atoms with Gasteiger partial charge in [0.2, 0.25) is 0 Å². The van der Waals surface area contributed by atoms with Gasteiger partial charge in [0, 0.05) is 0 Å². The summed E-state index contributed by atoms with van der Waals surface area (Å²) in [5.74, 6) is 0.508. The first kappa shape index (κ1) is 25.9. The van der Waals surface area contributed by atoms with Gasteiger partial charge in [-0.25, -0.2) is 9.18 Å². The maximum absolute atomic E-state index is 13.8. The Morgan fingerprint density at radius 2 is 1.28 bits per heavy atom. The summed E-state index contributed by atoms with van der Waals surface area (Å²) in [6.07, 6.45) is 8.89. The van der Waals surface area contributed by atoms with Gasteiger partial charge >= 0.3 is 5.97 Å². The topological polar surface area (TPSA) is 35.5 Å². The molecule has 0 aliphatic rings. The lowest BCUT2D eigenvalue weighted by molar-refractivity contribution is -0.140. The summed E-state index contributed by atoms with van der Waals surface area (Å²) in [5, 5.41) is 0. The van der Waals surface area contributed by atoms with E-state index in [1.807, 2.05) is 50.2 Å². The first-order valence-corrected chi connectivity index (χ1v) is 12.2. The molecule has 32 heavy (non-hydrogen) atoms. The van der Waals surface area contributed by atoms with E-state index in [0.717, 1.165) is 29.9 Å². The molecule has 0 aliphatic heterocycles. The maximum Gasteiger partial charge on any atom is 0.346 e.